The standard InChI is InChI=1S/C6H7BrO4S2.Na/c1-3-4(7)2-5(12-3)6(8)13(9,10)11;/h2,6,8H,1H3,(H,9,10,11);/q;+1/p-1. The Morgan fingerprint density at radius 1 is 1.64 bits per heavy atom. The van der Waals surface area contributed by atoms with E-state index < -0.39 is 15.6 Å². The molecule has 0 saturated carbocycles. The third-order valence-corrected chi connectivity index (χ3v) is 4.53. The van der Waals surface area contributed by atoms with Crippen molar-refractivity contribution in [2.75, 3.05) is 0 Å². The topological polar surface area (TPSA) is 77.4 Å². The molecule has 0 aliphatic rings. The summed E-state index contributed by atoms with van der Waals surface area (Å²) in [5.74, 6) is 0. The van der Waals surface area contributed by atoms with Crippen LogP contribution in [-0.2, 0) is 10.1 Å². The summed E-state index contributed by atoms with van der Waals surface area (Å²) in [6.45, 7) is 1.75. The number of thiophene rings is 1. The molecule has 0 spiro atoms. The summed E-state index contributed by atoms with van der Waals surface area (Å²) >= 11 is 4.23. The van der Waals surface area contributed by atoms with Crippen molar-refractivity contribution in [1.82, 2.24) is 0 Å². The van der Waals surface area contributed by atoms with E-state index in [9.17, 15) is 13.0 Å². The van der Waals surface area contributed by atoms with Crippen LogP contribution in [0.1, 0.15) is 15.2 Å². The molecule has 0 saturated heterocycles. The number of hydrogen-bond donors (Lipinski definition) is 1. The van der Waals surface area contributed by atoms with E-state index in [0.717, 1.165) is 16.2 Å². The summed E-state index contributed by atoms with van der Waals surface area (Å²) in [4.78, 5) is 0.956. The summed E-state index contributed by atoms with van der Waals surface area (Å²) in [5, 5.41) is 9.08. The van der Waals surface area contributed by atoms with Crippen molar-refractivity contribution in [2.45, 2.75) is 12.4 Å². The number of halogens is 1. The maximum Gasteiger partial charge on any atom is 1.00 e. The van der Waals surface area contributed by atoms with Gasteiger partial charge in [0.1, 0.15) is 10.1 Å². The largest absolute Gasteiger partial charge is 1.00 e. The number of aryl methyl sites for hydroxylation is 1. The maximum atomic E-state index is 10.4. The van der Waals surface area contributed by atoms with Crippen molar-refractivity contribution in [2.24, 2.45) is 0 Å². The van der Waals surface area contributed by atoms with E-state index in [1.807, 2.05) is 0 Å². The van der Waals surface area contributed by atoms with Gasteiger partial charge in [0, 0.05) is 14.2 Å². The van der Waals surface area contributed by atoms with Gasteiger partial charge in [-0.1, -0.05) is 0 Å². The van der Waals surface area contributed by atoms with E-state index in [0.29, 0.717) is 4.47 Å². The number of rotatable bonds is 2. The van der Waals surface area contributed by atoms with Crippen LogP contribution in [0.3, 0.4) is 0 Å². The number of aliphatic hydroxyl groups is 1. The smallest absolute Gasteiger partial charge is 0.746 e. The van der Waals surface area contributed by atoms with Gasteiger partial charge in [-0.25, -0.2) is 8.42 Å². The Bertz CT molecular complexity index is 394. The van der Waals surface area contributed by atoms with Crippen LogP contribution >= 0.6 is 27.3 Å². The molecule has 1 unspecified atom stereocenters. The van der Waals surface area contributed by atoms with Gasteiger partial charge in [-0.3, -0.25) is 0 Å². The van der Waals surface area contributed by atoms with Gasteiger partial charge in [0.05, 0.1) is 0 Å². The van der Waals surface area contributed by atoms with Crippen molar-refractivity contribution >= 4 is 37.4 Å². The van der Waals surface area contributed by atoms with E-state index in [1.165, 1.54) is 6.07 Å². The zero-order chi connectivity index (χ0) is 10.2. The molecule has 0 amide bonds. The number of aliphatic hydroxyl groups excluding tert-OH is 1. The second-order valence-corrected chi connectivity index (χ2v) is 5.97. The quantitative estimate of drug-likeness (QED) is 0.525. The average molecular weight is 309 g/mol. The molecule has 0 bridgehead atoms. The predicted octanol–water partition coefficient (Wildman–Crippen LogP) is -1.64. The fraction of sp³-hybridized carbons (Fsp3) is 0.333. The molecule has 0 aromatic carbocycles. The zero-order valence-electron chi connectivity index (χ0n) is 7.52. The monoisotopic (exact) mass is 308 g/mol. The van der Waals surface area contributed by atoms with Crippen molar-refractivity contribution in [3.63, 3.8) is 0 Å². The molecule has 1 atom stereocenters. The minimum Gasteiger partial charge on any atom is -0.746 e. The Morgan fingerprint density at radius 3 is 2.43 bits per heavy atom. The predicted molar refractivity (Wildman–Crippen MR) is 51.4 cm³/mol. The molecule has 0 aliphatic heterocycles. The molecule has 0 aliphatic carbocycles. The minimum absolute atomic E-state index is 0. The van der Waals surface area contributed by atoms with Crippen LogP contribution in [0, 0.1) is 6.92 Å². The van der Waals surface area contributed by atoms with E-state index in [2.05, 4.69) is 15.9 Å². The Kier molecular flexibility index (Phi) is 5.80. The van der Waals surface area contributed by atoms with Crippen LogP contribution in [0.25, 0.3) is 0 Å². The van der Waals surface area contributed by atoms with Crippen LogP contribution in [0.5, 0.6) is 0 Å². The van der Waals surface area contributed by atoms with Gasteiger partial charge in [0.25, 0.3) is 0 Å². The SMILES string of the molecule is Cc1sc(C(O)S(=O)(=O)[O-])cc1Br.[Na+]. The summed E-state index contributed by atoms with van der Waals surface area (Å²) in [5.41, 5.74) is -1.96. The summed E-state index contributed by atoms with van der Waals surface area (Å²) in [6.07, 6.45) is 0. The zero-order valence-corrected chi connectivity index (χ0v) is 12.7. The normalized spacial score (nSPS) is 13.4. The summed E-state index contributed by atoms with van der Waals surface area (Å²) < 4.78 is 32.0. The molecule has 1 aromatic rings. The first-order chi connectivity index (χ1) is 5.82. The summed E-state index contributed by atoms with van der Waals surface area (Å²) in [6, 6.07) is 1.43. The van der Waals surface area contributed by atoms with E-state index >= 15 is 0 Å². The molecule has 4 nitrogen and oxygen atoms in total. The molecule has 0 fully saturated rings. The fourth-order valence-corrected chi connectivity index (χ4v) is 3.02. The molecule has 14 heavy (non-hydrogen) atoms. The van der Waals surface area contributed by atoms with Gasteiger partial charge >= 0.3 is 29.6 Å². The molecule has 0 radical (unpaired) electrons. The van der Waals surface area contributed by atoms with Gasteiger partial charge < -0.3 is 9.66 Å². The molecule has 1 N–H and O–H groups in total. The maximum absolute atomic E-state index is 10.4. The van der Waals surface area contributed by atoms with Gasteiger partial charge in [0.15, 0.2) is 5.44 Å². The van der Waals surface area contributed by atoms with Gasteiger partial charge in [-0.15, -0.1) is 11.3 Å². The van der Waals surface area contributed by atoms with E-state index in [-0.39, 0.29) is 34.4 Å². The molecule has 1 aromatic heterocycles. The van der Waals surface area contributed by atoms with Crippen molar-refractivity contribution in [3.05, 3.63) is 20.3 Å². The second-order valence-electron chi connectivity index (χ2n) is 2.40. The van der Waals surface area contributed by atoms with Gasteiger partial charge in [-0.2, -0.15) is 0 Å². The molecule has 1 rings (SSSR count). The number of hydrogen-bond acceptors (Lipinski definition) is 5. The first kappa shape index (κ1) is 15.0. The van der Waals surface area contributed by atoms with Crippen LogP contribution in [-0.4, -0.2) is 18.1 Å². The first-order valence-corrected chi connectivity index (χ1v) is 6.29. The second kappa shape index (κ2) is 5.40. The summed E-state index contributed by atoms with van der Waals surface area (Å²) in [7, 11) is -4.66. The Morgan fingerprint density at radius 2 is 2.14 bits per heavy atom. The Hall–Kier alpha value is 1.05. The first-order valence-electron chi connectivity index (χ1n) is 3.21. The van der Waals surface area contributed by atoms with Crippen LogP contribution < -0.4 is 29.6 Å². The van der Waals surface area contributed by atoms with Crippen LogP contribution in [0.15, 0.2) is 10.5 Å². The Labute approximate surface area is 117 Å². The molecule has 1 heterocycles. The third kappa shape index (κ3) is 3.57. The molecule has 8 heteroatoms. The van der Waals surface area contributed by atoms with Gasteiger partial charge in [0.2, 0.25) is 0 Å². The molecule has 74 valence electrons. The van der Waals surface area contributed by atoms with Crippen molar-refractivity contribution in [3.8, 4) is 0 Å². The molecular formula is C6H6BrNaO4S2. The van der Waals surface area contributed by atoms with Crippen molar-refractivity contribution in [1.29, 1.82) is 0 Å². The average Bonchev–Trinajstić information content (AvgIpc) is 2.29. The van der Waals surface area contributed by atoms with Crippen LogP contribution in [0.4, 0.5) is 0 Å². The van der Waals surface area contributed by atoms with Crippen LogP contribution in [0.2, 0.25) is 0 Å². The third-order valence-electron chi connectivity index (χ3n) is 1.39. The van der Waals surface area contributed by atoms with E-state index in [4.69, 9.17) is 5.11 Å². The van der Waals surface area contributed by atoms with Crippen molar-refractivity contribution < 1.29 is 47.6 Å². The molecular weight excluding hydrogens is 303 g/mol. The van der Waals surface area contributed by atoms with Gasteiger partial charge in [-0.05, 0) is 28.9 Å². The Balaban J connectivity index is 0.00000169. The van der Waals surface area contributed by atoms with E-state index in [1.54, 1.807) is 6.92 Å². The minimum atomic E-state index is -4.66. The fourth-order valence-electron chi connectivity index (χ4n) is 0.745.